The summed E-state index contributed by atoms with van der Waals surface area (Å²) in [5, 5.41) is 2.68. The smallest absolute Gasteiger partial charge is 0.417 e. The van der Waals surface area contributed by atoms with Crippen LogP contribution < -0.4 is 15.0 Å². The minimum absolute atomic E-state index is 0.106. The van der Waals surface area contributed by atoms with Crippen LogP contribution in [0.3, 0.4) is 0 Å². The molecule has 1 aliphatic rings. The maximum Gasteiger partial charge on any atom is 0.417 e. The van der Waals surface area contributed by atoms with Crippen molar-refractivity contribution in [2.75, 3.05) is 37.1 Å². The van der Waals surface area contributed by atoms with Gasteiger partial charge in [0.05, 0.1) is 26.4 Å². The summed E-state index contributed by atoms with van der Waals surface area (Å²) in [5.41, 5.74) is 1.40. The largest absolute Gasteiger partial charge is 0.464 e. The van der Waals surface area contributed by atoms with Crippen LogP contribution in [0.5, 0.6) is 5.75 Å². The van der Waals surface area contributed by atoms with Gasteiger partial charge in [0.1, 0.15) is 11.6 Å². The predicted molar refractivity (Wildman–Crippen MR) is 123 cm³/mol. The van der Waals surface area contributed by atoms with E-state index in [4.69, 9.17) is 14.2 Å². The lowest BCUT2D eigenvalue weighted by Crippen LogP contribution is -2.44. The predicted octanol–water partition coefficient (Wildman–Crippen LogP) is 3.77. The summed E-state index contributed by atoms with van der Waals surface area (Å²) in [5.74, 6) is 0.919. The lowest BCUT2D eigenvalue weighted by Gasteiger charge is -2.34. The van der Waals surface area contributed by atoms with E-state index >= 15 is 0 Å². The third kappa shape index (κ3) is 5.45. The molecule has 1 fully saturated rings. The second-order valence-corrected chi connectivity index (χ2v) is 7.45. The molecular formula is C24H24N4O5. The molecule has 9 heteroatoms. The van der Waals surface area contributed by atoms with Gasteiger partial charge in [-0.1, -0.05) is 18.2 Å². The molecule has 0 saturated carbocycles. The number of aromatic nitrogens is 2. The van der Waals surface area contributed by atoms with E-state index in [0.29, 0.717) is 48.4 Å². The van der Waals surface area contributed by atoms with Crippen molar-refractivity contribution in [3.63, 3.8) is 0 Å². The molecule has 0 aliphatic carbocycles. The Balaban J connectivity index is 1.55. The molecule has 2 aromatic carbocycles. The highest BCUT2D eigenvalue weighted by Gasteiger charge is 2.23. The molecule has 170 valence electrons. The highest BCUT2D eigenvalue weighted by Crippen LogP contribution is 2.25. The Kier molecular flexibility index (Phi) is 6.80. The molecule has 1 amide bonds. The number of anilines is 2. The van der Waals surface area contributed by atoms with Crippen LogP contribution in [-0.2, 0) is 9.47 Å². The van der Waals surface area contributed by atoms with Crippen molar-refractivity contribution in [2.45, 2.75) is 13.0 Å². The van der Waals surface area contributed by atoms with Gasteiger partial charge in [-0.15, -0.1) is 0 Å². The summed E-state index contributed by atoms with van der Waals surface area (Å²) in [6.45, 7) is 3.85. The zero-order chi connectivity index (χ0) is 23.2. The number of methoxy groups -OCH3 is 1. The lowest BCUT2D eigenvalue weighted by molar-refractivity contribution is 0.0594. The number of rotatable bonds is 5. The first kappa shape index (κ1) is 22.2. The number of hydrogen-bond donors (Lipinski definition) is 1. The van der Waals surface area contributed by atoms with Gasteiger partial charge < -0.3 is 19.1 Å². The Morgan fingerprint density at radius 1 is 1.09 bits per heavy atom. The average molecular weight is 448 g/mol. The fraction of sp³-hybridized carbons (Fsp3) is 0.250. The van der Waals surface area contributed by atoms with Crippen molar-refractivity contribution in [2.24, 2.45) is 0 Å². The molecule has 9 nitrogen and oxygen atoms in total. The first-order valence-corrected chi connectivity index (χ1v) is 10.5. The van der Waals surface area contributed by atoms with E-state index < -0.39 is 12.1 Å². The fourth-order valence-electron chi connectivity index (χ4n) is 3.43. The second-order valence-electron chi connectivity index (χ2n) is 7.45. The zero-order valence-electron chi connectivity index (χ0n) is 18.4. The van der Waals surface area contributed by atoms with Gasteiger partial charge in [0.2, 0.25) is 0 Å². The Morgan fingerprint density at radius 3 is 2.55 bits per heavy atom. The maximum atomic E-state index is 12.2. The van der Waals surface area contributed by atoms with Crippen molar-refractivity contribution in [1.82, 2.24) is 9.97 Å². The molecule has 3 aromatic rings. The standard InChI is InChI=1S/C24H24N4O5/c1-16-15-32-13-12-28(16)21-14-20(23(29)31-2)26-22(27-21)17-8-10-18(11-9-17)25-24(30)33-19-6-4-3-5-7-19/h3-11,14,16H,12-13,15H2,1-2H3,(H,25,30)/t16-/m0/s1. The van der Waals surface area contributed by atoms with E-state index in [1.165, 1.54) is 7.11 Å². The molecule has 1 aromatic heterocycles. The molecule has 1 atom stereocenters. The lowest BCUT2D eigenvalue weighted by atomic mass is 10.2. The number of hydrogen-bond acceptors (Lipinski definition) is 8. The van der Waals surface area contributed by atoms with E-state index in [1.807, 2.05) is 13.0 Å². The number of para-hydroxylation sites is 1. The highest BCUT2D eigenvalue weighted by atomic mass is 16.6. The van der Waals surface area contributed by atoms with Crippen LogP contribution >= 0.6 is 0 Å². The summed E-state index contributed by atoms with van der Waals surface area (Å²) in [6, 6.07) is 17.5. The summed E-state index contributed by atoms with van der Waals surface area (Å²) in [4.78, 5) is 35.5. The second kappa shape index (κ2) is 10.1. The Bertz CT molecular complexity index is 1120. The maximum absolute atomic E-state index is 12.2. The van der Waals surface area contributed by atoms with E-state index in [-0.39, 0.29) is 11.7 Å². The highest BCUT2D eigenvalue weighted by molar-refractivity contribution is 5.89. The Hall–Kier alpha value is -3.98. The van der Waals surface area contributed by atoms with Gasteiger partial charge in [-0.25, -0.2) is 19.6 Å². The number of carbonyl (C=O) groups is 2. The molecule has 1 aliphatic heterocycles. The van der Waals surface area contributed by atoms with Gasteiger partial charge in [-0.05, 0) is 43.3 Å². The zero-order valence-corrected chi connectivity index (χ0v) is 18.4. The number of morpholine rings is 1. The number of benzene rings is 2. The van der Waals surface area contributed by atoms with Crippen molar-refractivity contribution >= 4 is 23.6 Å². The van der Waals surface area contributed by atoms with Crippen molar-refractivity contribution in [3.8, 4) is 17.1 Å². The van der Waals surface area contributed by atoms with Crippen molar-refractivity contribution in [3.05, 3.63) is 66.4 Å². The minimum Gasteiger partial charge on any atom is -0.464 e. The van der Waals surface area contributed by atoms with Gasteiger partial charge in [0.15, 0.2) is 11.5 Å². The quantitative estimate of drug-likeness (QED) is 0.589. The van der Waals surface area contributed by atoms with Crippen LogP contribution in [0.1, 0.15) is 17.4 Å². The van der Waals surface area contributed by atoms with Crippen LogP contribution in [0, 0.1) is 0 Å². The number of amides is 1. The van der Waals surface area contributed by atoms with Crippen molar-refractivity contribution in [1.29, 1.82) is 0 Å². The first-order valence-electron chi connectivity index (χ1n) is 10.5. The molecule has 2 heterocycles. The van der Waals surface area contributed by atoms with Crippen LogP contribution in [0.15, 0.2) is 60.7 Å². The van der Waals surface area contributed by atoms with E-state index in [9.17, 15) is 9.59 Å². The molecule has 4 rings (SSSR count). The molecule has 0 bridgehead atoms. The average Bonchev–Trinajstić information content (AvgIpc) is 2.84. The van der Waals surface area contributed by atoms with Crippen LogP contribution in [0.2, 0.25) is 0 Å². The van der Waals surface area contributed by atoms with Gasteiger partial charge in [0.25, 0.3) is 0 Å². The van der Waals surface area contributed by atoms with Crippen LogP contribution in [0.25, 0.3) is 11.4 Å². The fourth-order valence-corrected chi connectivity index (χ4v) is 3.43. The molecule has 0 unspecified atom stereocenters. The van der Waals surface area contributed by atoms with E-state index in [2.05, 4.69) is 20.2 Å². The SMILES string of the molecule is COC(=O)c1cc(N2CCOC[C@@H]2C)nc(-c2ccc(NC(=O)Oc3ccccc3)cc2)n1. The molecule has 0 radical (unpaired) electrons. The molecule has 1 N–H and O–H groups in total. The minimum atomic E-state index is -0.596. The number of carbonyl (C=O) groups excluding carboxylic acids is 2. The normalized spacial score (nSPS) is 15.6. The van der Waals surface area contributed by atoms with E-state index in [0.717, 1.165) is 0 Å². The van der Waals surface area contributed by atoms with Gasteiger partial charge in [-0.3, -0.25) is 5.32 Å². The number of nitrogens with zero attached hydrogens (tertiary/aromatic N) is 3. The van der Waals surface area contributed by atoms with Gasteiger partial charge in [0, 0.05) is 23.9 Å². The third-order valence-electron chi connectivity index (χ3n) is 5.11. The summed E-state index contributed by atoms with van der Waals surface area (Å²) in [6.07, 6.45) is -0.596. The number of nitrogens with one attached hydrogen (secondary N) is 1. The number of esters is 1. The molecular weight excluding hydrogens is 424 g/mol. The monoisotopic (exact) mass is 448 g/mol. The van der Waals surface area contributed by atoms with Gasteiger partial charge >= 0.3 is 12.1 Å². The Labute approximate surface area is 191 Å². The third-order valence-corrected chi connectivity index (χ3v) is 5.11. The molecule has 0 spiro atoms. The van der Waals surface area contributed by atoms with Crippen LogP contribution in [-0.4, -0.2) is 54.9 Å². The summed E-state index contributed by atoms with van der Waals surface area (Å²) >= 11 is 0. The van der Waals surface area contributed by atoms with E-state index in [1.54, 1.807) is 54.6 Å². The molecule has 1 saturated heterocycles. The number of ether oxygens (including phenoxy) is 3. The topological polar surface area (TPSA) is 103 Å². The van der Waals surface area contributed by atoms with Crippen LogP contribution in [0.4, 0.5) is 16.3 Å². The summed E-state index contributed by atoms with van der Waals surface area (Å²) < 4.78 is 15.6. The van der Waals surface area contributed by atoms with Gasteiger partial charge in [-0.2, -0.15) is 0 Å². The molecule has 33 heavy (non-hydrogen) atoms. The van der Waals surface area contributed by atoms with Crippen molar-refractivity contribution < 1.29 is 23.8 Å². The first-order chi connectivity index (χ1) is 16.0. The summed E-state index contributed by atoms with van der Waals surface area (Å²) in [7, 11) is 1.32. The Morgan fingerprint density at radius 2 is 1.85 bits per heavy atom.